The number of ether oxygens (including phenoxy) is 1. The monoisotopic (exact) mass is 391 g/mol. The summed E-state index contributed by atoms with van der Waals surface area (Å²) in [6.07, 6.45) is 4.78. The maximum atomic E-state index is 13.4. The molecular weight excluding hydrogens is 366 g/mol. The molecule has 1 aromatic carbocycles. The van der Waals surface area contributed by atoms with Crippen molar-refractivity contribution in [3.05, 3.63) is 40.9 Å². The summed E-state index contributed by atoms with van der Waals surface area (Å²) in [6, 6.07) is 7.77. The summed E-state index contributed by atoms with van der Waals surface area (Å²) in [7, 11) is 0. The summed E-state index contributed by atoms with van der Waals surface area (Å²) in [6.45, 7) is 6.38. The van der Waals surface area contributed by atoms with Gasteiger partial charge in [-0.25, -0.2) is 15.0 Å². The Morgan fingerprint density at radius 1 is 1.17 bits per heavy atom. The van der Waals surface area contributed by atoms with E-state index in [2.05, 4.69) is 18.8 Å². The molecule has 4 heterocycles. The fourth-order valence-electron chi connectivity index (χ4n) is 4.06. The minimum atomic E-state index is -0.0451. The minimum absolute atomic E-state index is 0.0451. The number of aryl methyl sites for hydroxylation is 1. The second-order valence-electron chi connectivity index (χ2n) is 8.25. The number of fused-ring (bicyclic) bond motifs is 4. The molecule has 0 N–H and O–H groups in total. The predicted octanol–water partition coefficient (Wildman–Crippen LogP) is 3.52. The summed E-state index contributed by atoms with van der Waals surface area (Å²) < 4.78 is 9.58. The summed E-state index contributed by atoms with van der Waals surface area (Å²) in [5, 5.41) is 0.558. The first-order valence-electron chi connectivity index (χ1n) is 10.4. The standard InChI is InChI=1S/C22H25N5O2/c1-14(2)9-10-26-13-23-20-18(22(26)28)19-21(27(20)12-15-6-5-11-29-15)25-17-8-4-3-7-16(17)24-19/h3-4,7-8,13-15H,5-6,9-12H2,1-2H3/t15-/m0/s1. The third-order valence-corrected chi connectivity index (χ3v) is 5.68. The highest BCUT2D eigenvalue weighted by molar-refractivity contribution is 6.04. The Hall–Kier alpha value is -2.80. The normalized spacial score (nSPS) is 17.3. The smallest absolute Gasteiger partial charge is 0.265 e. The van der Waals surface area contributed by atoms with E-state index in [1.807, 2.05) is 28.8 Å². The maximum absolute atomic E-state index is 13.4. The molecule has 0 aliphatic carbocycles. The highest BCUT2D eigenvalue weighted by atomic mass is 16.5. The van der Waals surface area contributed by atoms with Crippen molar-refractivity contribution in [2.24, 2.45) is 5.92 Å². The molecule has 0 saturated carbocycles. The lowest BCUT2D eigenvalue weighted by Crippen LogP contribution is -2.22. The summed E-state index contributed by atoms with van der Waals surface area (Å²) in [5.74, 6) is 0.516. The van der Waals surface area contributed by atoms with Crippen LogP contribution in [0.5, 0.6) is 0 Å². The molecular formula is C22H25N5O2. The number of para-hydroxylation sites is 2. The Labute approximate surface area is 168 Å². The topological polar surface area (TPSA) is 74.8 Å². The van der Waals surface area contributed by atoms with Crippen LogP contribution in [-0.4, -0.2) is 36.8 Å². The van der Waals surface area contributed by atoms with Gasteiger partial charge in [-0.3, -0.25) is 9.36 Å². The molecule has 150 valence electrons. The Kier molecular flexibility index (Phi) is 4.54. The fraction of sp³-hybridized carbons (Fsp3) is 0.455. The molecule has 29 heavy (non-hydrogen) atoms. The Morgan fingerprint density at radius 2 is 1.97 bits per heavy atom. The third-order valence-electron chi connectivity index (χ3n) is 5.68. The lowest BCUT2D eigenvalue weighted by atomic mass is 10.1. The van der Waals surface area contributed by atoms with Gasteiger partial charge < -0.3 is 9.30 Å². The van der Waals surface area contributed by atoms with Gasteiger partial charge in [0.2, 0.25) is 0 Å². The molecule has 1 fully saturated rings. The van der Waals surface area contributed by atoms with Crippen LogP contribution in [0.25, 0.3) is 33.2 Å². The van der Waals surface area contributed by atoms with Crippen LogP contribution in [0.15, 0.2) is 35.4 Å². The molecule has 4 aromatic rings. The van der Waals surface area contributed by atoms with E-state index in [4.69, 9.17) is 14.7 Å². The fourth-order valence-corrected chi connectivity index (χ4v) is 4.06. The van der Waals surface area contributed by atoms with E-state index in [1.54, 1.807) is 10.9 Å². The van der Waals surface area contributed by atoms with Crippen molar-refractivity contribution in [2.45, 2.75) is 52.3 Å². The molecule has 0 amide bonds. The van der Waals surface area contributed by atoms with Crippen molar-refractivity contribution in [3.8, 4) is 0 Å². The molecule has 1 atom stereocenters. The number of aromatic nitrogens is 5. The van der Waals surface area contributed by atoms with Crippen LogP contribution in [0.1, 0.15) is 33.1 Å². The van der Waals surface area contributed by atoms with Gasteiger partial charge in [0.15, 0.2) is 11.3 Å². The first kappa shape index (κ1) is 18.2. The van der Waals surface area contributed by atoms with Crippen molar-refractivity contribution in [1.82, 2.24) is 24.1 Å². The van der Waals surface area contributed by atoms with Gasteiger partial charge in [0.1, 0.15) is 10.9 Å². The van der Waals surface area contributed by atoms with Crippen LogP contribution in [0.2, 0.25) is 0 Å². The maximum Gasteiger partial charge on any atom is 0.265 e. The van der Waals surface area contributed by atoms with Crippen molar-refractivity contribution in [1.29, 1.82) is 0 Å². The van der Waals surface area contributed by atoms with Crippen molar-refractivity contribution < 1.29 is 4.74 Å². The van der Waals surface area contributed by atoms with E-state index in [1.165, 1.54) is 0 Å². The molecule has 1 aliphatic rings. The van der Waals surface area contributed by atoms with Crippen LogP contribution in [-0.2, 0) is 17.8 Å². The van der Waals surface area contributed by atoms with Crippen molar-refractivity contribution in [3.63, 3.8) is 0 Å². The van der Waals surface area contributed by atoms with Gasteiger partial charge in [-0.15, -0.1) is 0 Å². The first-order valence-corrected chi connectivity index (χ1v) is 10.4. The lowest BCUT2D eigenvalue weighted by molar-refractivity contribution is 0.0987. The van der Waals surface area contributed by atoms with Gasteiger partial charge in [0, 0.05) is 13.2 Å². The molecule has 3 aromatic heterocycles. The zero-order valence-corrected chi connectivity index (χ0v) is 16.8. The largest absolute Gasteiger partial charge is 0.376 e. The third kappa shape index (κ3) is 3.19. The molecule has 0 bridgehead atoms. The zero-order valence-electron chi connectivity index (χ0n) is 16.8. The Balaban J connectivity index is 1.76. The van der Waals surface area contributed by atoms with E-state index in [-0.39, 0.29) is 11.7 Å². The molecule has 1 saturated heterocycles. The van der Waals surface area contributed by atoms with Gasteiger partial charge in [0.05, 0.1) is 30.0 Å². The molecule has 0 unspecified atom stereocenters. The van der Waals surface area contributed by atoms with Crippen LogP contribution in [0.4, 0.5) is 0 Å². The number of benzene rings is 1. The minimum Gasteiger partial charge on any atom is -0.376 e. The Bertz CT molecular complexity index is 1250. The van der Waals surface area contributed by atoms with Crippen LogP contribution >= 0.6 is 0 Å². The Morgan fingerprint density at radius 3 is 2.69 bits per heavy atom. The van der Waals surface area contributed by atoms with E-state index in [0.29, 0.717) is 41.2 Å². The van der Waals surface area contributed by atoms with Gasteiger partial charge >= 0.3 is 0 Å². The SMILES string of the molecule is CC(C)CCn1cnc2c(c1=O)c1nc3ccccc3nc1n2C[C@@H]1CCCO1. The van der Waals surface area contributed by atoms with E-state index in [9.17, 15) is 4.79 Å². The molecule has 0 spiro atoms. The summed E-state index contributed by atoms with van der Waals surface area (Å²) >= 11 is 0. The van der Waals surface area contributed by atoms with E-state index < -0.39 is 0 Å². The lowest BCUT2D eigenvalue weighted by Gasteiger charge is -2.12. The molecule has 5 rings (SSSR count). The highest BCUT2D eigenvalue weighted by Crippen LogP contribution is 2.27. The van der Waals surface area contributed by atoms with Crippen LogP contribution in [0, 0.1) is 5.92 Å². The van der Waals surface area contributed by atoms with E-state index in [0.717, 1.165) is 36.9 Å². The molecule has 7 nitrogen and oxygen atoms in total. The first-order chi connectivity index (χ1) is 14.1. The van der Waals surface area contributed by atoms with Gasteiger partial charge in [-0.1, -0.05) is 26.0 Å². The number of hydrogen-bond donors (Lipinski definition) is 0. The number of hydrogen-bond acceptors (Lipinski definition) is 5. The summed E-state index contributed by atoms with van der Waals surface area (Å²) in [5.41, 5.74) is 3.55. The average Bonchev–Trinajstić information content (AvgIpc) is 3.33. The van der Waals surface area contributed by atoms with Crippen LogP contribution < -0.4 is 5.56 Å². The quantitative estimate of drug-likeness (QED) is 0.520. The molecule has 1 aliphatic heterocycles. The van der Waals surface area contributed by atoms with Crippen molar-refractivity contribution >= 4 is 33.2 Å². The molecule has 0 radical (unpaired) electrons. The second-order valence-corrected chi connectivity index (χ2v) is 8.25. The molecule has 7 heteroatoms. The van der Waals surface area contributed by atoms with Crippen molar-refractivity contribution in [2.75, 3.05) is 6.61 Å². The predicted molar refractivity (Wildman–Crippen MR) is 113 cm³/mol. The summed E-state index contributed by atoms with van der Waals surface area (Å²) in [4.78, 5) is 27.7. The number of nitrogens with zero attached hydrogens (tertiary/aromatic N) is 5. The van der Waals surface area contributed by atoms with Gasteiger partial charge in [0.25, 0.3) is 5.56 Å². The zero-order chi connectivity index (χ0) is 20.0. The average molecular weight is 391 g/mol. The van der Waals surface area contributed by atoms with Gasteiger partial charge in [-0.05, 0) is 37.3 Å². The van der Waals surface area contributed by atoms with Crippen LogP contribution in [0.3, 0.4) is 0 Å². The highest BCUT2D eigenvalue weighted by Gasteiger charge is 2.23. The number of rotatable bonds is 5. The second kappa shape index (κ2) is 7.22. The van der Waals surface area contributed by atoms with E-state index >= 15 is 0 Å². The van der Waals surface area contributed by atoms with Gasteiger partial charge in [-0.2, -0.15) is 0 Å².